The lowest BCUT2D eigenvalue weighted by atomic mass is 9.96. The van der Waals surface area contributed by atoms with E-state index >= 15 is 0 Å². The molecule has 3 aromatic rings. The summed E-state index contributed by atoms with van der Waals surface area (Å²) >= 11 is 0. The number of benzene rings is 2. The van der Waals surface area contributed by atoms with Gasteiger partial charge in [-0.2, -0.15) is 0 Å². The molecule has 1 N–H and O–H groups in total. The molecule has 0 unspecified atom stereocenters. The zero-order valence-electron chi connectivity index (χ0n) is 25.6. The summed E-state index contributed by atoms with van der Waals surface area (Å²) in [6.45, 7) is 9.04. The second-order valence-electron chi connectivity index (χ2n) is 11.4. The summed E-state index contributed by atoms with van der Waals surface area (Å²) < 4.78 is 41.1. The summed E-state index contributed by atoms with van der Waals surface area (Å²) in [5.74, 6) is 1.12. The highest BCUT2D eigenvalue weighted by molar-refractivity contribution is 7.92. The van der Waals surface area contributed by atoms with E-state index in [-0.39, 0.29) is 16.7 Å². The fourth-order valence-corrected chi connectivity index (χ4v) is 7.38. The van der Waals surface area contributed by atoms with Crippen molar-refractivity contribution in [1.82, 2.24) is 10.1 Å². The Morgan fingerprint density at radius 2 is 1.84 bits per heavy atom. The lowest BCUT2D eigenvalue weighted by Gasteiger charge is -2.23. The average molecular weight is 607 g/mol. The molecule has 1 saturated carbocycles. The first-order chi connectivity index (χ1) is 20.7. The third-order valence-corrected chi connectivity index (χ3v) is 9.89. The lowest BCUT2D eigenvalue weighted by molar-refractivity contribution is -0.131. The maximum atomic E-state index is 13.7. The number of aromatic nitrogens is 1. The Balaban J connectivity index is 1.48. The van der Waals surface area contributed by atoms with E-state index in [2.05, 4.69) is 16.8 Å². The molecule has 1 aliphatic heterocycles. The van der Waals surface area contributed by atoms with Crippen molar-refractivity contribution < 1.29 is 22.5 Å². The number of anilines is 1. The van der Waals surface area contributed by atoms with Crippen molar-refractivity contribution in [2.45, 2.75) is 103 Å². The molecule has 2 aromatic carbocycles. The topological polar surface area (TPSA) is 114 Å². The molecule has 1 spiro atoms. The molecule has 9 nitrogen and oxygen atoms in total. The lowest BCUT2D eigenvalue weighted by Crippen LogP contribution is -2.40. The molecule has 43 heavy (non-hydrogen) atoms. The van der Waals surface area contributed by atoms with Gasteiger partial charge in [-0.05, 0) is 62.3 Å². The number of aliphatic imine (C=N–C) groups is 1. The van der Waals surface area contributed by atoms with Crippen molar-refractivity contribution in [3.05, 3.63) is 64.8 Å². The Morgan fingerprint density at radius 1 is 1.07 bits per heavy atom. The summed E-state index contributed by atoms with van der Waals surface area (Å²) in [6, 6.07) is 12.8. The Hall–Kier alpha value is -3.50. The second kappa shape index (κ2) is 13.0. The van der Waals surface area contributed by atoms with Crippen molar-refractivity contribution in [2.75, 3.05) is 11.3 Å². The van der Waals surface area contributed by atoms with E-state index in [1.54, 1.807) is 25.1 Å². The maximum Gasteiger partial charge on any atom is 0.264 e. The van der Waals surface area contributed by atoms with Crippen molar-refractivity contribution in [3.63, 3.8) is 0 Å². The van der Waals surface area contributed by atoms with Crippen molar-refractivity contribution in [2.24, 2.45) is 4.99 Å². The predicted molar refractivity (Wildman–Crippen MR) is 167 cm³/mol. The van der Waals surface area contributed by atoms with Crippen molar-refractivity contribution in [3.8, 4) is 11.1 Å². The minimum absolute atomic E-state index is 0.114. The van der Waals surface area contributed by atoms with Crippen molar-refractivity contribution in [1.29, 1.82) is 0 Å². The van der Waals surface area contributed by atoms with Crippen LogP contribution < -0.4 is 4.72 Å². The van der Waals surface area contributed by atoms with Gasteiger partial charge in [-0.1, -0.05) is 74.7 Å². The number of unbranched alkanes of at least 4 members (excludes halogenated alkanes) is 1. The molecule has 0 radical (unpaired) electrons. The fraction of sp³-hybridized carbons (Fsp3) is 0.485. The zero-order chi connectivity index (χ0) is 30.6. The molecule has 1 fully saturated rings. The van der Waals surface area contributed by atoms with Crippen LogP contribution in [0.4, 0.5) is 5.88 Å². The van der Waals surface area contributed by atoms with Crippen LogP contribution in [-0.2, 0) is 39.1 Å². The molecule has 0 saturated heterocycles. The van der Waals surface area contributed by atoms with Crippen LogP contribution in [0.15, 0.2) is 56.9 Å². The van der Waals surface area contributed by atoms with Crippen LogP contribution in [0, 0.1) is 6.92 Å². The van der Waals surface area contributed by atoms with Gasteiger partial charge in [0.15, 0.2) is 0 Å². The quantitative estimate of drug-likeness (QED) is 0.229. The predicted octanol–water partition coefficient (Wildman–Crippen LogP) is 6.79. The molecule has 230 valence electrons. The molecule has 1 amide bonds. The minimum Gasteiger partial charge on any atom is -0.377 e. The van der Waals surface area contributed by atoms with Crippen LogP contribution >= 0.6 is 0 Å². The van der Waals surface area contributed by atoms with Crippen LogP contribution in [0.1, 0.15) is 88.1 Å². The number of aryl methyl sites for hydroxylation is 1. The number of ether oxygens (including phenoxy) is 1. The third kappa shape index (κ3) is 6.26. The largest absolute Gasteiger partial charge is 0.377 e. The number of amidine groups is 1. The highest BCUT2D eigenvalue weighted by Gasteiger charge is 2.49. The van der Waals surface area contributed by atoms with Crippen LogP contribution in [0.25, 0.3) is 11.1 Å². The highest BCUT2D eigenvalue weighted by atomic mass is 32.2. The summed E-state index contributed by atoms with van der Waals surface area (Å²) in [5.41, 5.74) is 3.89. The second-order valence-corrected chi connectivity index (χ2v) is 13.1. The smallest absolute Gasteiger partial charge is 0.264 e. The number of hydrogen-bond acceptors (Lipinski definition) is 7. The number of nitrogens with zero attached hydrogens (tertiary/aromatic N) is 3. The van der Waals surface area contributed by atoms with E-state index < -0.39 is 15.6 Å². The first-order valence-electron chi connectivity index (χ1n) is 15.4. The van der Waals surface area contributed by atoms with Crippen LogP contribution in [0.5, 0.6) is 0 Å². The Bertz CT molecular complexity index is 1600. The number of carbonyl (C=O) groups is 1. The van der Waals surface area contributed by atoms with E-state index in [1.165, 1.54) is 0 Å². The fourth-order valence-electron chi connectivity index (χ4n) is 6.11. The Kier molecular flexibility index (Phi) is 9.36. The van der Waals surface area contributed by atoms with Gasteiger partial charge in [-0.25, -0.2) is 13.1 Å². The van der Waals surface area contributed by atoms with Gasteiger partial charge in [0, 0.05) is 24.2 Å². The first kappa shape index (κ1) is 30.9. The van der Waals surface area contributed by atoms with Gasteiger partial charge in [0.25, 0.3) is 15.9 Å². The number of nitrogens with one attached hydrogen (secondary N) is 1. The molecule has 10 heteroatoms. The van der Waals surface area contributed by atoms with E-state index in [0.717, 1.165) is 67.5 Å². The molecule has 1 aromatic heterocycles. The van der Waals surface area contributed by atoms with Gasteiger partial charge < -0.3 is 9.26 Å². The number of carbonyl (C=O) groups excluding carboxylic acids is 1. The summed E-state index contributed by atoms with van der Waals surface area (Å²) in [6.07, 6.45) is 7.15. The van der Waals surface area contributed by atoms with E-state index in [1.807, 2.05) is 43.0 Å². The molecular formula is C33H42N4O5S. The van der Waals surface area contributed by atoms with E-state index in [0.29, 0.717) is 43.0 Å². The maximum absolute atomic E-state index is 13.7. The third-order valence-electron chi connectivity index (χ3n) is 8.50. The minimum atomic E-state index is -4.01. The summed E-state index contributed by atoms with van der Waals surface area (Å²) in [5, 5.41) is 3.99. The van der Waals surface area contributed by atoms with Gasteiger partial charge >= 0.3 is 0 Å². The zero-order valence-corrected chi connectivity index (χ0v) is 26.4. The molecule has 5 rings (SSSR count). The molecular weight excluding hydrogens is 564 g/mol. The number of sulfonamides is 1. The van der Waals surface area contributed by atoms with Gasteiger partial charge in [-0.3, -0.25) is 14.7 Å². The standard InChI is InChI=1S/C33H42N4O5S/c1-5-8-15-30-34-33(18-11-12-19-33)32(38)37(30)21-24-16-17-26(25(20-24)22-41-7-3)27-13-9-10-14-29(27)43(39,40)36-31-23(4)28(6-2)35-42-31/h9-10,13-14,16-17,20,36H,5-8,11-12,15,18-19,21-22H2,1-4H3. The molecule has 1 aliphatic carbocycles. The highest BCUT2D eigenvalue weighted by Crippen LogP contribution is 2.40. The average Bonchev–Trinajstić information content (AvgIpc) is 3.69. The Morgan fingerprint density at radius 3 is 2.53 bits per heavy atom. The first-order valence-corrected chi connectivity index (χ1v) is 16.9. The van der Waals surface area contributed by atoms with Gasteiger partial charge in [0.2, 0.25) is 5.88 Å². The number of rotatable bonds is 13. The number of hydrogen-bond donors (Lipinski definition) is 1. The van der Waals surface area contributed by atoms with Gasteiger partial charge in [0.1, 0.15) is 11.4 Å². The summed E-state index contributed by atoms with van der Waals surface area (Å²) in [7, 11) is -4.01. The van der Waals surface area contributed by atoms with E-state index in [9.17, 15) is 13.2 Å². The SMILES string of the molecule is CCCCC1=NC2(CCCC2)C(=O)N1Cc1ccc(-c2ccccc2S(=O)(=O)Nc2onc(CC)c2C)c(COCC)c1. The normalized spacial score (nSPS) is 16.3. The van der Waals surface area contributed by atoms with Crippen LogP contribution in [-0.4, -0.2) is 42.4 Å². The van der Waals surface area contributed by atoms with E-state index in [4.69, 9.17) is 14.3 Å². The van der Waals surface area contributed by atoms with Crippen molar-refractivity contribution >= 4 is 27.7 Å². The molecule has 2 aliphatic rings. The molecule has 0 atom stereocenters. The Labute approximate surface area is 254 Å². The molecule has 2 heterocycles. The van der Waals surface area contributed by atoms with Crippen LogP contribution in [0.2, 0.25) is 0 Å². The van der Waals surface area contributed by atoms with Gasteiger partial charge in [0.05, 0.1) is 23.7 Å². The molecule has 0 bridgehead atoms. The van der Waals surface area contributed by atoms with Gasteiger partial charge in [-0.15, -0.1) is 0 Å². The monoisotopic (exact) mass is 606 g/mol. The summed E-state index contributed by atoms with van der Waals surface area (Å²) in [4.78, 5) is 20.7. The number of amides is 1. The van der Waals surface area contributed by atoms with Crippen LogP contribution in [0.3, 0.4) is 0 Å².